The van der Waals surface area contributed by atoms with Gasteiger partial charge in [-0.15, -0.1) is 0 Å². The van der Waals surface area contributed by atoms with Crippen molar-refractivity contribution in [2.45, 2.75) is 57.1 Å². The molecule has 140 valence electrons. The van der Waals surface area contributed by atoms with Crippen LogP contribution < -0.4 is 5.32 Å². The van der Waals surface area contributed by atoms with Gasteiger partial charge in [-0.1, -0.05) is 48.5 Å². The predicted octanol–water partition coefficient (Wildman–Crippen LogP) is 3.67. The molecule has 1 N–H and O–H groups in total. The first kappa shape index (κ1) is 17.8. The fourth-order valence-electron chi connectivity index (χ4n) is 3.64. The molecule has 4 nitrogen and oxygen atoms in total. The Morgan fingerprint density at radius 3 is 2.48 bits per heavy atom. The van der Waals surface area contributed by atoms with Crippen molar-refractivity contribution in [3.8, 4) is 0 Å². The summed E-state index contributed by atoms with van der Waals surface area (Å²) in [7, 11) is 0. The summed E-state index contributed by atoms with van der Waals surface area (Å²) < 4.78 is 5.62. The Morgan fingerprint density at radius 1 is 1.00 bits per heavy atom. The van der Waals surface area contributed by atoms with E-state index in [2.05, 4.69) is 17.4 Å². The van der Waals surface area contributed by atoms with E-state index in [-0.39, 0.29) is 24.3 Å². The maximum absolute atomic E-state index is 12.6. The van der Waals surface area contributed by atoms with Gasteiger partial charge >= 0.3 is 5.97 Å². The van der Waals surface area contributed by atoms with Crippen molar-refractivity contribution in [1.82, 2.24) is 5.32 Å². The Balaban J connectivity index is 1.45. The summed E-state index contributed by atoms with van der Waals surface area (Å²) in [5.41, 5.74) is 4.39. The molecule has 4 rings (SSSR count). The van der Waals surface area contributed by atoms with E-state index in [1.54, 1.807) is 0 Å². The van der Waals surface area contributed by atoms with E-state index >= 15 is 0 Å². The van der Waals surface area contributed by atoms with E-state index in [0.29, 0.717) is 5.56 Å². The zero-order valence-corrected chi connectivity index (χ0v) is 15.4. The van der Waals surface area contributed by atoms with Gasteiger partial charge in [-0.2, -0.15) is 0 Å². The van der Waals surface area contributed by atoms with Gasteiger partial charge in [0.05, 0.1) is 6.42 Å². The van der Waals surface area contributed by atoms with E-state index in [1.165, 1.54) is 24.0 Å². The normalized spacial score (nSPS) is 16.9. The van der Waals surface area contributed by atoms with E-state index in [0.717, 1.165) is 31.2 Å². The Kier molecular flexibility index (Phi) is 5.23. The molecule has 0 unspecified atom stereocenters. The number of carbonyl (C=O) groups excluding carboxylic acids is 2. The molecule has 2 aromatic carbocycles. The molecule has 27 heavy (non-hydrogen) atoms. The maximum atomic E-state index is 12.6. The maximum Gasteiger partial charge on any atom is 0.311 e. The van der Waals surface area contributed by atoms with Crippen molar-refractivity contribution in [3.63, 3.8) is 0 Å². The molecule has 4 heteroatoms. The molecule has 0 aliphatic heterocycles. The van der Waals surface area contributed by atoms with Crippen LogP contribution in [0.25, 0.3) is 0 Å². The van der Waals surface area contributed by atoms with Crippen LogP contribution in [0, 0.1) is 0 Å². The fraction of sp³-hybridized carbons (Fsp3) is 0.391. The zero-order chi connectivity index (χ0) is 18.6. The van der Waals surface area contributed by atoms with Crippen LogP contribution in [0.15, 0.2) is 48.5 Å². The van der Waals surface area contributed by atoms with Crippen molar-refractivity contribution in [1.29, 1.82) is 0 Å². The van der Waals surface area contributed by atoms with Gasteiger partial charge in [0.25, 0.3) is 5.91 Å². The van der Waals surface area contributed by atoms with Crippen LogP contribution in [-0.4, -0.2) is 17.9 Å². The van der Waals surface area contributed by atoms with Crippen LogP contribution in [0.3, 0.4) is 0 Å². The summed E-state index contributed by atoms with van der Waals surface area (Å²) in [6.07, 6.45) is 5.94. The molecule has 1 amide bonds. The number of amides is 1. The summed E-state index contributed by atoms with van der Waals surface area (Å²) >= 11 is 0. The third-order valence-electron chi connectivity index (χ3n) is 5.27. The molecule has 0 spiro atoms. The number of hydrogen-bond donors (Lipinski definition) is 1. The number of hydrogen-bond acceptors (Lipinski definition) is 3. The third-order valence-corrected chi connectivity index (χ3v) is 5.27. The van der Waals surface area contributed by atoms with Crippen LogP contribution in [0.4, 0.5) is 0 Å². The summed E-state index contributed by atoms with van der Waals surface area (Å²) in [5.74, 6) is -0.604. The van der Waals surface area contributed by atoms with Crippen LogP contribution in [-0.2, 0) is 33.6 Å². The van der Waals surface area contributed by atoms with Gasteiger partial charge in [-0.3, -0.25) is 9.59 Å². The highest BCUT2D eigenvalue weighted by Gasteiger charge is 2.30. The minimum Gasteiger partial charge on any atom is -0.447 e. The molecule has 2 aliphatic rings. The molecule has 0 bridgehead atoms. The van der Waals surface area contributed by atoms with Gasteiger partial charge in [0.1, 0.15) is 0 Å². The average Bonchev–Trinajstić information content (AvgIpc) is 3.50. The number of fused-ring (bicyclic) bond motifs is 1. The molecule has 2 aromatic rings. The molecule has 0 radical (unpaired) electrons. The van der Waals surface area contributed by atoms with E-state index in [4.69, 9.17) is 4.74 Å². The number of nitrogens with one attached hydrogen (secondary N) is 1. The summed E-state index contributed by atoms with van der Waals surface area (Å²) in [5, 5.41) is 2.95. The van der Waals surface area contributed by atoms with Gasteiger partial charge in [-0.05, 0) is 55.2 Å². The van der Waals surface area contributed by atoms with Crippen LogP contribution in [0.1, 0.15) is 54.0 Å². The molecule has 1 fully saturated rings. The second-order valence-corrected chi connectivity index (χ2v) is 7.55. The first-order chi connectivity index (χ1) is 13.2. The second kappa shape index (κ2) is 7.95. The first-order valence-corrected chi connectivity index (χ1v) is 9.84. The predicted molar refractivity (Wildman–Crippen MR) is 103 cm³/mol. The highest BCUT2D eigenvalue weighted by molar-refractivity contribution is 5.85. The second-order valence-electron chi connectivity index (χ2n) is 7.55. The minimum atomic E-state index is -0.892. The number of ether oxygens (including phenoxy) is 1. The van der Waals surface area contributed by atoms with Gasteiger partial charge in [0.15, 0.2) is 0 Å². The number of benzene rings is 2. The number of carbonyl (C=O) groups is 2. The van der Waals surface area contributed by atoms with Crippen molar-refractivity contribution in [2.24, 2.45) is 0 Å². The Labute approximate surface area is 159 Å². The van der Waals surface area contributed by atoms with Gasteiger partial charge < -0.3 is 10.1 Å². The molecule has 0 heterocycles. The smallest absolute Gasteiger partial charge is 0.311 e. The summed E-state index contributed by atoms with van der Waals surface area (Å²) in [6, 6.07) is 15.7. The number of aryl methyl sites for hydroxylation is 2. The van der Waals surface area contributed by atoms with Crippen molar-refractivity contribution in [3.05, 3.63) is 70.8 Å². The zero-order valence-electron chi connectivity index (χ0n) is 15.4. The highest BCUT2D eigenvalue weighted by Crippen LogP contribution is 2.25. The standard InChI is InChI=1S/C23H25NO3/c25-21(15-16-10-11-17-6-4-5-9-19(17)14-16)27-22(18-7-2-1-3-8-18)23(26)24-20-12-13-20/h1-3,7-8,10-11,14,20,22H,4-6,9,12-13,15H2,(H,24,26)/t22-/m1/s1. The highest BCUT2D eigenvalue weighted by atomic mass is 16.5. The molecular weight excluding hydrogens is 338 g/mol. The first-order valence-electron chi connectivity index (χ1n) is 9.84. The molecule has 2 aliphatic carbocycles. The van der Waals surface area contributed by atoms with Crippen molar-refractivity contribution >= 4 is 11.9 Å². The Bertz CT molecular complexity index is 827. The number of esters is 1. The van der Waals surface area contributed by atoms with Gasteiger partial charge in [-0.25, -0.2) is 0 Å². The summed E-state index contributed by atoms with van der Waals surface area (Å²) in [4.78, 5) is 25.2. The molecule has 0 aromatic heterocycles. The summed E-state index contributed by atoms with van der Waals surface area (Å²) in [6.45, 7) is 0. The minimum absolute atomic E-state index is 0.188. The monoisotopic (exact) mass is 363 g/mol. The van der Waals surface area contributed by atoms with Gasteiger partial charge in [0.2, 0.25) is 6.10 Å². The lowest BCUT2D eigenvalue weighted by atomic mass is 9.90. The van der Waals surface area contributed by atoms with Crippen LogP contribution in [0.5, 0.6) is 0 Å². The van der Waals surface area contributed by atoms with E-state index in [1.807, 2.05) is 36.4 Å². The van der Waals surface area contributed by atoms with Gasteiger partial charge in [0, 0.05) is 11.6 Å². The molecule has 0 saturated heterocycles. The largest absolute Gasteiger partial charge is 0.447 e. The van der Waals surface area contributed by atoms with Crippen molar-refractivity contribution in [2.75, 3.05) is 0 Å². The number of rotatable bonds is 6. The lowest BCUT2D eigenvalue weighted by Gasteiger charge is -2.19. The lowest BCUT2D eigenvalue weighted by Crippen LogP contribution is -2.33. The molecule has 1 atom stereocenters. The van der Waals surface area contributed by atoms with Crippen LogP contribution >= 0.6 is 0 Å². The SMILES string of the molecule is O=C(Cc1ccc2c(c1)CCCC2)O[C@@H](C(=O)NC1CC1)c1ccccc1. The van der Waals surface area contributed by atoms with E-state index in [9.17, 15) is 9.59 Å². The van der Waals surface area contributed by atoms with Crippen LogP contribution in [0.2, 0.25) is 0 Å². The lowest BCUT2D eigenvalue weighted by molar-refractivity contribution is -0.156. The Hall–Kier alpha value is -2.62. The molecular formula is C23H25NO3. The molecule has 1 saturated carbocycles. The van der Waals surface area contributed by atoms with E-state index < -0.39 is 6.10 Å². The topological polar surface area (TPSA) is 55.4 Å². The van der Waals surface area contributed by atoms with Crippen molar-refractivity contribution < 1.29 is 14.3 Å². The Morgan fingerprint density at radius 2 is 1.74 bits per heavy atom. The fourth-order valence-corrected chi connectivity index (χ4v) is 3.64. The quantitative estimate of drug-likeness (QED) is 0.797. The average molecular weight is 363 g/mol. The third kappa shape index (κ3) is 4.57.